The van der Waals surface area contributed by atoms with Crippen molar-refractivity contribution >= 4 is 17.3 Å². The van der Waals surface area contributed by atoms with Crippen LogP contribution in [-0.4, -0.2) is 28.8 Å². The van der Waals surface area contributed by atoms with Gasteiger partial charge in [-0.1, -0.05) is 91.1 Å². The molecular weight excluding hydrogens is 470 g/mol. The smallest absolute Gasteiger partial charge is 0.344 e. The minimum Gasteiger partial charge on any atom is -0.479 e. The molecule has 6 heteroatoms. The van der Waals surface area contributed by atoms with E-state index >= 15 is 0 Å². The summed E-state index contributed by atoms with van der Waals surface area (Å²) in [7, 11) is 0. The summed E-state index contributed by atoms with van der Waals surface area (Å²) in [6, 6.07) is 26.9. The van der Waals surface area contributed by atoms with Crippen LogP contribution in [0.3, 0.4) is 0 Å². The lowest BCUT2D eigenvalue weighted by atomic mass is 9.89. The van der Waals surface area contributed by atoms with Gasteiger partial charge >= 0.3 is 5.97 Å². The summed E-state index contributed by atoms with van der Waals surface area (Å²) in [5.41, 5.74) is 5.51. The van der Waals surface area contributed by atoms with Crippen LogP contribution in [0.25, 0.3) is 11.3 Å². The molecule has 1 aliphatic rings. The highest BCUT2D eigenvalue weighted by molar-refractivity contribution is 7.13. The molecule has 5 nitrogen and oxygen atoms in total. The third-order valence-electron chi connectivity index (χ3n) is 6.62. The third kappa shape index (κ3) is 5.14. The fourth-order valence-electron chi connectivity index (χ4n) is 4.79. The molecule has 0 bridgehead atoms. The van der Waals surface area contributed by atoms with Crippen molar-refractivity contribution in [1.82, 2.24) is 4.98 Å². The number of ether oxygens (including phenoxy) is 2. The number of fused-ring (bicyclic) bond motifs is 3. The molecule has 184 valence electrons. The number of hydrogen-bond acceptors (Lipinski definition) is 5. The molecule has 1 atom stereocenters. The molecule has 4 aromatic rings. The largest absolute Gasteiger partial charge is 0.479 e. The van der Waals surface area contributed by atoms with Crippen molar-refractivity contribution in [1.29, 1.82) is 0 Å². The zero-order valence-corrected chi connectivity index (χ0v) is 21.0. The normalized spacial score (nSPS) is 13.1. The number of aromatic nitrogens is 1. The zero-order chi connectivity index (χ0) is 24.9. The second-order valence-electron chi connectivity index (χ2n) is 8.90. The third-order valence-corrected chi connectivity index (χ3v) is 7.65. The number of aliphatic carboxylic acids is 1. The van der Waals surface area contributed by atoms with Crippen LogP contribution in [0, 0.1) is 0 Å². The number of nitrogens with zero attached hydrogens (tertiary/aromatic N) is 1. The topological polar surface area (TPSA) is 68.7 Å². The van der Waals surface area contributed by atoms with E-state index in [0.29, 0.717) is 24.0 Å². The second kappa shape index (κ2) is 11.0. The number of hydrogen-bond donors (Lipinski definition) is 1. The average molecular weight is 500 g/mol. The van der Waals surface area contributed by atoms with Crippen LogP contribution in [0.4, 0.5) is 0 Å². The van der Waals surface area contributed by atoms with Gasteiger partial charge in [0, 0.05) is 21.9 Å². The minimum atomic E-state index is -0.944. The zero-order valence-electron chi connectivity index (χ0n) is 20.2. The second-order valence-corrected chi connectivity index (χ2v) is 9.94. The predicted molar refractivity (Wildman–Crippen MR) is 142 cm³/mol. The molecular formula is C30H29NO4S. The summed E-state index contributed by atoms with van der Waals surface area (Å²) in [5.74, 6) is -0.0557. The van der Waals surface area contributed by atoms with Gasteiger partial charge in [-0.05, 0) is 42.9 Å². The molecule has 0 radical (unpaired) electrons. The Morgan fingerprint density at radius 3 is 2.31 bits per heavy atom. The Balaban J connectivity index is 1.32. The minimum absolute atomic E-state index is 0.253. The number of thiazole rings is 1. The molecule has 3 aromatic carbocycles. The van der Waals surface area contributed by atoms with Crippen LogP contribution in [0.5, 0.6) is 10.9 Å². The predicted octanol–water partition coefficient (Wildman–Crippen LogP) is 6.75. The first-order chi connectivity index (χ1) is 17.6. The van der Waals surface area contributed by atoms with Crippen molar-refractivity contribution in [3.05, 3.63) is 100 Å². The van der Waals surface area contributed by atoms with E-state index in [-0.39, 0.29) is 5.92 Å². The van der Waals surface area contributed by atoms with Crippen molar-refractivity contribution < 1.29 is 19.4 Å². The van der Waals surface area contributed by atoms with Gasteiger partial charge in [0.05, 0.1) is 12.3 Å². The van der Waals surface area contributed by atoms with E-state index in [1.807, 2.05) is 37.3 Å². The van der Waals surface area contributed by atoms with Gasteiger partial charge in [0.25, 0.3) is 5.19 Å². The average Bonchev–Trinajstić information content (AvgIpc) is 3.34. The summed E-state index contributed by atoms with van der Waals surface area (Å²) in [6.07, 6.45) is 2.03. The molecule has 0 aliphatic heterocycles. The first-order valence-electron chi connectivity index (χ1n) is 12.4. The summed E-state index contributed by atoms with van der Waals surface area (Å²) < 4.78 is 12.1. The molecule has 0 amide bonds. The van der Waals surface area contributed by atoms with Crippen molar-refractivity contribution in [2.45, 2.75) is 44.6 Å². The number of aryl methyl sites for hydroxylation is 1. The number of rotatable bonds is 10. The summed E-state index contributed by atoms with van der Waals surface area (Å²) in [4.78, 5) is 17.5. The lowest BCUT2D eigenvalue weighted by molar-refractivity contribution is -0.145. The van der Waals surface area contributed by atoms with Crippen molar-refractivity contribution in [3.63, 3.8) is 0 Å². The summed E-state index contributed by atoms with van der Waals surface area (Å²) in [5, 5.41) is 10.1. The number of carboxylic acid groups (broad SMARTS) is 1. The van der Waals surface area contributed by atoms with Gasteiger partial charge in [0.15, 0.2) is 6.10 Å². The van der Waals surface area contributed by atoms with E-state index in [4.69, 9.17) is 14.5 Å². The quantitative estimate of drug-likeness (QED) is 0.261. The summed E-state index contributed by atoms with van der Waals surface area (Å²) in [6.45, 7) is 2.38. The molecule has 0 spiro atoms. The van der Waals surface area contributed by atoms with Gasteiger partial charge in [-0.2, -0.15) is 0 Å². The maximum atomic E-state index is 11.5. The van der Waals surface area contributed by atoms with Gasteiger partial charge in [0.2, 0.25) is 0 Å². The Bertz CT molecular complexity index is 1280. The molecule has 1 aliphatic carbocycles. The van der Waals surface area contributed by atoms with Crippen molar-refractivity contribution in [2.24, 2.45) is 0 Å². The Labute approximate surface area is 215 Å². The van der Waals surface area contributed by atoms with Gasteiger partial charge in [0.1, 0.15) is 5.75 Å². The van der Waals surface area contributed by atoms with Crippen LogP contribution < -0.4 is 9.47 Å². The maximum absolute atomic E-state index is 11.5. The Morgan fingerprint density at radius 2 is 1.67 bits per heavy atom. The standard InChI is InChI=1S/C30H29NO4S/c1-2-25(29(32)33)35-26-15-9-14-24-23(26)16-17-27-28(24)31-30(36-27)34-19-18-22(20-10-5-3-6-11-20)21-12-7-4-8-13-21/h3-15,22,25H,2,16-19H2,1H3,(H,32,33). The fraction of sp³-hybridized carbons (Fsp3) is 0.267. The molecule has 0 saturated heterocycles. The van der Waals surface area contributed by atoms with Crippen LogP contribution in [0.15, 0.2) is 78.9 Å². The van der Waals surface area contributed by atoms with Gasteiger partial charge < -0.3 is 14.6 Å². The number of benzene rings is 3. The highest BCUT2D eigenvalue weighted by Gasteiger charge is 2.26. The van der Waals surface area contributed by atoms with Crippen LogP contribution in [-0.2, 0) is 17.6 Å². The molecule has 0 fully saturated rings. The van der Waals surface area contributed by atoms with Crippen LogP contribution in [0.2, 0.25) is 0 Å². The highest BCUT2D eigenvalue weighted by Crippen LogP contribution is 2.42. The lowest BCUT2D eigenvalue weighted by Gasteiger charge is -2.21. The van der Waals surface area contributed by atoms with Crippen LogP contribution in [0.1, 0.15) is 47.3 Å². The van der Waals surface area contributed by atoms with Crippen molar-refractivity contribution in [3.8, 4) is 22.2 Å². The molecule has 1 aromatic heterocycles. The van der Waals surface area contributed by atoms with E-state index in [1.54, 1.807) is 11.3 Å². The van der Waals surface area contributed by atoms with E-state index in [1.165, 1.54) is 16.0 Å². The Kier molecular flexibility index (Phi) is 7.33. The van der Waals surface area contributed by atoms with Crippen LogP contribution >= 0.6 is 11.3 Å². The molecule has 36 heavy (non-hydrogen) atoms. The molecule has 1 N–H and O–H groups in total. The summed E-state index contributed by atoms with van der Waals surface area (Å²) >= 11 is 1.60. The highest BCUT2D eigenvalue weighted by atomic mass is 32.1. The molecule has 5 rings (SSSR count). The van der Waals surface area contributed by atoms with E-state index in [0.717, 1.165) is 36.1 Å². The van der Waals surface area contributed by atoms with Gasteiger partial charge in [-0.25, -0.2) is 9.78 Å². The first-order valence-corrected chi connectivity index (χ1v) is 13.2. The van der Waals surface area contributed by atoms with E-state index in [9.17, 15) is 9.90 Å². The Hall–Kier alpha value is -3.64. The fourth-order valence-corrected chi connectivity index (χ4v) is 5.73. The molecule has 1 heterocycles. The van der Waals surface area contributed by atoms with Gasteiger partial charge in [-0.3, -0.25) is 0 Å². The molecule has 0 saturated carbocycles. The Morgan fingerprint density at radius 1 is 0.972 bits per heavy atom. The number of carboxylic acids is 1. The molecule has 1 unspecified atom stereocenters. The van der Waals surface area contributed by atoms with Crippen molar-refractivity contribution in [2.75, 3.05) is 6.61 Å². The monoisotopic (exact) mass is 499 g/mol. The van der Waals surface area contributed by atoms with E-state index < -0.39 is 12.1 Å². The lowest BCUT2D eigenvalue weighted by Crippen LogP contribution is -2.26. The van der Waals surface area contributed by atoms with Gasteiger partial charge in [-0.15, -0.1) is 0 Å². The maximum Gasteiger partial charge on any atom is 0.344 e. The first kappa shape index (κ1) is 24.1. The SMILES string of the molecule is CCC(Oc1cccc2c1CCc1sc(OCCC(c3ccccc3)c3ccccc3)nc1-2)C(=O)O. The van der Waals surface area contributed by atoms with E-state index in [2.05, 4.69) is 48.5 Å². The number of carbonyl (C=O) groups is 1.